The first kappa shape index (κ1) is 14.5. The third-order valence-electron chi connectivity index (χ3n) is 3.09. The smallest absolute Gasteiger partial charge is 0.266 e. The van der Waals surface area contributed by atoms with Gasteiger partial charge in [0.2, 0.25) is 0 Å². The molecule has 0 fully saturated rings. The predicted octanol–water partition coefficient (Wildman–Crippen LogP) is 3.60. The second-order valence-electron chi connectivity index (χ2n) is 4.83. The Morgan fingerprint density at radius 1 is 1.00 bits per heavy atom. The van der Waals surface area contributed by atoms with E-state index in [1.165, 1.54) is 6.26 Å². The first-order valence-electron chi connectivity index (χ1n) is 6.29. The van der Waals surface area contributed by atoms with Crippen molar-refractivity contribution < 1.29 is 9.00 Å². The number of carbonyl (C=O) groups is 1. The monoisotopic (exact) mass is 287 g/mol. The van der Waals surface area contributed by atoms with Crippen molar-refractivity contribution in [3.8, 4) is 0 Å². The summed E-state index contributed by atoms with van der Waals surface area (Å²) >= 11 is 0. The topological polar surface area (TPSA) is 46.5 Å². The van der Waals surface area contributed by atoms with Crippen LogP contribution in [0.15, 0.2) is 57.8 Å². The van der Waals surface area contributed by atoms with Crippen LogP contribution in [0.1, 0.15) is 21.5 Å². The fourth-order valence-corrected chi connectivity index (χ4v) is 3.02. The van der Waals surface area contributed by atoms with Crippen LogP contribution in [0.3, 0.4) is 0 Å². The molecule has 0 heterocycles. The Labute approximate surface area is 119 Å². The molecule has 0 bridgehead atoms. The van der Waals surface area contributed by atoms with E-state index >= 15 is 0 Å². The summed E-state index contributed by atoms with van der Waals surface area (Å²) in [6, 6.07) is 14.4. The molecule has 3 nitrogen and oxygen atoms in total. The summed E-state index contributed by atoms with van der Waals surface area (Å²) in [7, 11) is -2.72. The van der Waals surface area contributed by atoms with Crippen LogP contribution < -0.4 is 0 Å². The molecule has 0 N–H and O–H groups in total. The van der Waals surface area contributed by atoms with Gasteiger partial charge in [-0.15, -0.1) is 0 Å². The Balaban J connectivity index is 2.44. The molecule has 0 aromatic heterocycles. The first-order valence-corrected chi connectivity index (χ1v) is 8.21. The van der Waals surface area contributed by atoms with Crippen LogP contribution in [-0.4, -0.2) is 16.4 Å². The molecule has 0 spiro atoms. The van der Waals surface area contributed by atoms with Gasteiger partial charge in [0.25, 0.3) is 5.91 Å². The normalized spacial score (nSPS) is 13.6. The maximum absolute atomic E-state index is 12.6. The SMILES string of the molecule is Cc1ccc(S(C)(=O)=NC(=O)c2ccccc2C)cc1. The Morgan fingerprint density at radius 2 is 1.60 bits per heavy atom. The number of aryl methyl sites for hydroxylation is 2. The molecule has 2 aromatic carbocycles. The van der Waals surface area contributed by atoms with Gasteiger partial charge in [0, 0.05) is 16.7 Å². The molecular weight excluding hydrogens is 270 g/mol. The van der Waals surface area contributed by atoms with Crippen LogP contribution in [0.4, 0.5) is 0 Å². The Bertz CT molecular complexity index is 754. The summed E-state index contributed by atoms with van der Waals surface area (Å²) in [4.78, 5) is 12.7. The van der Waals surface area contributed by atoms with Gasteiger partial charge in [-0.05, 0) is 37.6 Å². The highest BCUT2D eigenvalue weighted by molar-refractivity contribution is 7.93. The van der Waals surface area contributed by atoms with Gasteiger partial charge in [0.05, 0.1) is 9.73 Å². The maximum atomic E-state index is 12.6. The number of hydrogen-bond acceptors (Lipinski definition) is 2. The summed E-state index contributed by atoms with van der Waals surface area (Å²) in [6.07, 6.45) is 1.49. The van der Waals surface area contributed by atoms with E-state index in [0.717, 1.165) is 11.1 Å². The van der Waals surface area contributed by atoms with Gasteiger partial charge < -0.3 is 0 Å². The van der Waals surface area contributed by atoms with Crippen molar-refractivity contribution in [1.29, 1.82) is 0 Å². The lowest BCUT2D eigenvalue weighted by molar-refractivity contribution is 0.100. The Hall–Kier alpha value is -1.94. The van der Waals surface area contributed by atoms with Gasteiger partial charge in [-0.3, -0.25) is 4.79 Å². The van der Waals surface area contributed by atoms with E-state index in [-0.39, 0.29) is 0 Å². The van der Waals surface area contributed by atoms with Crippen molar-refractivity contribution in [1.82, 2.24) is 0 Å². The maximum Gasteiger partial charge on any atom is 0.285 e. The van der Waals surface area contributed by atoms with Crippen molar-refractivity contribution in [3.63, 3.8) is 0 Å². The van der Waals surface area contributed by atoms with E-state index in [9.17, 15) is 9.00 Å². The van der Waals surface area contributed by atoms with Crippen molar-refractivity contribution in [3.05, 3.63) is 65.2 Å². The van der Waals surface area contributed by atoms with E-state index < -0.39 is 15.6 Å². The van der Waals surface area contributed by atoms with Gasteiger partial charge >= 0.3 is 0 Å². The van der Waals surface area contributed by atoms with Crippen LogP contribution in [0, 0.1) is 13.8 Å². The standard InChI is InChI=1S/C16H17NO2S/c1-12-8-10-14(11-9-12)20(3,19)17-16(18)15-7-5-4-6-13(15)2/h4-11H,1-3H3. The number of nitrogens with zero attached hydrogens (tertiary/aromatic N) is 1. The summed E-state index contributed by atoms with van der Waals surface area (Å²) in [5.41, 5.74) is 2.41. The minimum atomic E-state index is -2.72. The van der Waals surface area contributed by atoms with E-state index in [1.54, 1.807) is 24.3 Å². The zero-order valence-electron chi connectivity index (χ0n) is 11.8. The Morgan fingerprint density at radius 3 is 2.20 bits per heavy atom. The Kier molecular flexibility index (Phi) is 4.04. The molecule has 104 valence electrons. The van der Waals surface area contributed by atoms with Crippen molar-refractivity contribution >= 4 is 15.6 Å². The molecule has 0 radical (unpaired) electrons. The average molecular weight is 287 g/mol. The van der Waals surface area contributed by atoms with Crippen LogP contribution in [0.25, 0.3) is 0 Å². The highest BCUT2D eigenvalue weighted by Crippen LogP contribution is 2.15. The molecule has 1 atom stereocenters. The van der Waals surface area contributed by atoms with Gasteiger partial charge in [-0.25, -0.2) is 4.21 Å². The average Bonchev–Trinajstić information content (AvgIpc) is 2.39. The first-order chi connectivity index (χ1) is 9.40. The van der Waals surface area contributed by atoms with Crippen molar-refractivity contribution in [2.24, 2.45) is 4.36 Å². The molecule has 20 heavy (non-hydrogen) atoms. The lowest BCUT2D eigenvalue weighted by Crippen LogP contribution is -2.05. The quantitative estimate of drug-likeness (QED) is 0.847. The van der Waals surface area contributed by atoms with E-state index in [0.29, 0.717) is 10.5 Å². The number of hydrogen-bond donors (Lipinski definition) is 0. The van der Waals surface area contributed by atoms with Gasteiger partial charge in [-0.1, -0.05) is 35.9 Å². The summed E-state index contributed by atoms with van der Waals surface area (Å²) in [6.45, 7) is 3.79. The summed E-state index contributed by atoms with van der Waals surface area (Å²) in [5.74, 6) is -0.434. The van der Waals surface area contributed by atoms with Crippen molar-refractivity contribution in [2.75, 3.05) is 6.26 Å². The lowest BCUT2D eigenvalue weighted by atomic mass is 10.1. The molecule has 1 unspecified atom stereocenters. The zero-order chi connectivity index (χ0) is 14.8. The molecule has 0 aliphatic carbocycles. The van der Waals surface area contributed by atoms with Crippen LogP contribution >= 0.6 is 0 Å². The lowest BCUT2D eigenvalue weighted by Gasteiger charge is -2.05. The van der Waals surface area contributed by atoms with Gasteiger partial charge in [-0.2, -0.15) is 4.36 Å². The number of rotatable bonds is 2. The van der Waals surface area contributed by atoms with E-state index in [2.05, 4.69) is 4.36 Å². The zero-order valence-corrected chi connectivity index (χ0v) is 12.6. The van der Waals surface area contributed by atoms with Gasteiger partial charge in [0.1, 0.15) is 0 Å². The third kappa shape index (κ3) is 3.14. The second kappa shape index (κ2) is 5.59. The minimum absolute atomic E-state index is 0.434. The number of benzene rings is 2. The summed E-state index contributed by atoms with van der Waals surface area (Å²) in [5, 5.41) is 0. The number of carbonyl (C=O) groups excluding carboxylic acids is 1. The highest BCUT2D eigenvalue weighted by Gasteiger charge is 2.12. The van der Waals surface area contributed by atoms with Crippen molar-refractivity contribution in [2.45, 2.75) is 18.7 Å². The van der Waals surface area contributed by atoms with E-state index in [1.807, 2.05) is 38.1 Å². The molecule has 0 saturated carbocycles. The van der Waals surface area contributed by atoms with Gasteiger partial charge in [0.15, 0.2) is 0 Å². The fourth-order valence-electron chi connectivity index (χ4n) is 1.86. The molecule has 2 aromatic rings. The number of amides is 1. The molecule has 0 aliphatic heterocycles. The molecular formula is C16H17NO2S. The van der Waals surface area contributed by atoms with Crippen LogP contribution in [0.2, 0.25) is 0 Å². The minimum Gasteiger partial charge on any atom is -0.266 e. The largest absolute Gasteiger partial charge is 0.285 e. The van der Waals surface area contributed by atoms with E-state index in [4.69, 9.17) is 0 Å². The molecule has 2 rings (SSSR count). The summed E-state index contributed by atoms with van der Waals surface area (Å²) < 4.78 is 16.5. The molecule has 4 heteroatoms. The predicted molar refractivity (Wildman–Crippen MR) is 81.4 cm³/mol. The van der Waals surface area contributed by atoms with Crippen LogP contribution in [-0.2, 0) is 9.73 Å². The molecule has 0 aliphatic rings. The molecule has 0 saturated heterocycles. The van der Waals surface area contributed by atoms with Crippen LogP contribution in [0.5, 0.6) is 0 Å². The molecule has 1 amide bonds. The third-order valence-corrected chi connectivity index (χ3v) is 4.75. The highest BCUT2D eigenvalue weighted by atomic mass is 32.2. The fraction of sp³-hybridized carbons (Fsp3) is 0.188. The second-order valence-corrected chi connectivity index (χ2v) is 7.09.